The Hall–Kier alpha value is -4.44. The van der Waals surface area contributed by atoms with Crippen molar-refractivity contribution in [3.8, 4) is 22.3 Å². The van der Waals surface area contributed by atoms with Gasteiger partial charge >= 0.3 is 0 Å². The number of hydrogen-bond acceptors (Lipinski definition) is 2. The van der Waals surface area contributed by atoms with E-state index >= 15 is 0 Å². The first-order valence-corrected chi connectivity index (χ1v) is 12.0. The summed E-state index contributed by atoms with van der Waals surface area (Å²) in [5.74, 6) is 0. The van der Waals surface area contributed by atoms with Crippen molar-refractivity contribution >= 4 is 46.4 Å². The summed E-state index contributed by atoms with van der Waals surface area (Å²) in [6, 6.07) is 33.4. The molecule has 0 amide bonds. The first kappa shape index (κ1) is 23.0. The molecule has 5 heterocycles. The molecule has 4 nitrogen and oxygen atoms in total. The van der Waals surface area contributed by atoms with Crippen molar-refractivity contribution in [1.29, 1.82) is 0 Å². The zero-order valence-electron chi connectivity index (χ0n) is 19.7. The average molecular weight is 526 g/mol. The number of hydrogen-bond donors (Lipinski definition) is 2. The van der Waals surface area contributed by atoms with Gasteiger partial charge in [-0.2, -0.15) is 0 Å². The van der Waals surface area contributed by atoms with E-state index in [1.54, 1.807) is 0 Å². The number of aromatic nitrogens is 4. The summed E-state index contributed by atoms with van der Waals surface area (Å²) in [5.41, 5.74) is 12.1. The zero-order valence-corrected chi connectivity index (χ0v) is 20.7. The van der Waals surface area contributed by atoms with Crippen molar-refractivity contribution in [3.63, 3.8) is 0 Å². The molecular weight excluding hydrogens is 504 g/mol. The van der Waals surface area contributed by atoms with Crippen molar-refractivity contribution in [2.45, 2.75) is 0 Å². The third kappa shape index (κ3) is 4.36. The van der Waals surface area contributed by atoms with E-state index in [9.17, 15) is 0 Å². The van der Waals surface area contributed by atoms with Gasteiger partial charge in [-0.05, 0) is 71.8 Å². The van der Waals surface area contributed by atoms with Crippen molar-refractivity contribution in [1.82, 2.24) is 19.9 Å². The van der Waals surface area contributed by atoms with Gasteiger partial charge in [0.1, 0.15) is 0 Å². The first-order valence-electron chi connectivity index (χ1n) is 12.0. The van der Waals surface area contributed by atoms with Crippen LogP contribution in [-0.4, -0.2) is 19.9 Å². The molecule has 5 aromatic rings. The minimum absolute atomic E-state index is 0. The largest absolute Gasteiger partial charge is 0.355 e. The normalized spacial score (nSPS) is 11.9. The predicted molar refractivity (Wildman–Crippen MR) is 150 cm³/mol. The second kappa shape index (κ2) is 9.55. The summed E-state index contributed by atoms with van der Waals surface area (Å²) >= 11 is 0. The van der Waals surface area contributed by atoms with Gasteiger partial charge in [-0.3, -0.25) is 0 Å². The van der Waals surface area contributed by atoms with Crippen molar-refractivity contribution in [2.24, 2.45) is 0 Å². The second-order valence-electron chi connectivity index (χ2n) is 8.94. The zero-order chi connectivity index (χ0) is 23.9. The van der Waals surface area contributed by atoms with Gasteiger partial charge in [0.2, 0.25) is 0 Å². The van der Waals surface area contributed by atoms with Crippen LogP contribution in [0.15, 0.2) is 97.1 Å². The molecule has 0 spiro atoms. The maximum absolute atomic E-state index is 4.99. The fraction of sp³-hybridized carbons (Fsp3) is 0. The summed E-state index contributed by atoms with van der Waals surface area (Å²) in [6.45, 7) is 0. The Balaban J connectivity index is 0.00000252. The molecule has 2 N–H and O–H groups in total. The number of nitrogens with zero attached hydrogens (tertiary/aromatic N) is 2. The van der Waals surface area contributed by atoms with E-state index in [-0.39, 0.29) is 17.1 Å². The van der Waals surface area contributed by atoms with Crippen LogP contribution in [0.3, 0.4) is 0 Å². The van der Waals surface area contributed by atoms with Crippen LogP contribution in [0.2, 0.25) is 0 Å². The number of aromatic amines is 2. The maximum Gasteiger partial charge on any atom is 0.0736 e. The number of benzene rings is 2. The second-order valence-corrected chi connectivity index (χ2v) is 8.94. The molecule has 1 radical (unpaired) electrons. The molecule has 2 aromatic carbocycles. The molecule has 8 bridgehead atoms. The van der Waals surface area contributed by atoms with Gasteiger partial charge in [0.15, 0.2) is 0 Å². The van der Waals surface area contributed by atoms with Gasteiger partial charge in [-0.1, -0.05) is 60.7 Å². The van der Waals surface area contributed by atoms with Crippen molar-refractivity contribution in [3.05, 3.63) is 120 Å². The van der Waals surface area contributed by atoms with Crippen LogP contribution in [0.5, 0.6) is 0 Å². The van der Waals surface area contributed by atoms with Crippen LogP contribution in [-0.2, 0) is 17.1 Å². The number of H-pyrrole nitrogens is 2. The molecule has 37 heavy (non-hydrogen) atoms. The Bertz CT molecular complexity index is 1690. The van der Waals surface area contributed by atoms with Gasteiger partial charge in [-0.25, -0.2) is 9.97 Å². The van der Waals surface area contributed by atoms with Gasteiger partial charge < -0.3 is 9.97 Å². The molecule has 3 aromatic heterocycles. The summed E-state index contributed by atoms with van der Waals surface area (Å²) in [7, 11) is 0. The molecule has 181 valence electrons. The van der Waals surface area contributed by atoms with E-state index in [4.69, 9.17) is 9.97 Å². The third-order valence-corrected chi connectivity index (χ3v) is 6.52. The molecule has 0 saturated carbocycles. The third-order valence-electron chi connectivity index (χ3n) is 6.52. The molecule has 0 fully saturated rings. The fourth-order valence-electron chi connectivity index (χ4n) is 4.89. The van der Waals surface area contributed by atoms with Crippen LogP contribution in [0.25, 0.3) is 68.6 Å². The summed E-state index contributed by atoms with van der Waals surface area (Å²) < 4.78 is 0. The van der Waals surface area contributed by atoms with Crippen LogP contribution in [0, 0.1) is 0 Å². The Morgan fingerprint density at radius 1 is 0.459 bits per heavy atom. The molecule has 7 rings (SSSR count). The fourth-order valence-corrected chi connectivity index (χ4v) is 4.89. The van der Waals surface area contributed by atoms with Gasteiger partial charge in [-0.15, -0.1) is 0 Å². The summed E-state index contributed by atoms with van der Waals surface area (Å²) in [6.07, 6.45) is 8.32. The molecule has 2 aliphatic heterocycles. The van der Waals surface area contributed by atoms with Gasteiger partial charge in [0.25, 0.3) is 0 Å². The predicted octanol–water partition coefficient (Wildman–Crippen LogP) is 7.99. The Morgan fingerprint density at radius 3 is 1.32 bits per heavy atom. The monoisotopic (exact) mass is 525 g/mol. The molecule has 0 atom stereocenters. The average Bonchev–Trinajstić information content (AvgIpc) is 3.72. The van der Waals surface area contributed by atoms with E-state index in [1.165, 1.54) is 0 Å². The molecule has 5 heteroatoms. The Labute approximate surface area is 225 Å². The topological polar surface area (TPSA) is 57.4 Å². The standard InChI is InChI=1S/C32H22N4.Cu/c1-3-7-21(8-4-1)31-27-15-11-23(33-27)19-25-13-17-29(35-25)32(22-9-5-2-6-10-22)30-18-14-26(36-30)20-24-12-16-28(31)34-24;/h1-20,33,36H;. The molecule has 2 aliphatic rings. The Kier molecular flexibility index (Phi) is 5.93. The number of nitrogens with one attached hydrogen (secondary N) is 2. The molecule has 0 unspecified atom stereocenters. The van der Waals surface area contributed by atoms with E-state index < -0.39 is 0 Å². The van der Waals surface area contributed by atoms with Gasteiger partial charge in [0, 0.05) is 50.3 Å². The van der Waals surface area contributed by atoms with E-state index in [1.807, 2.05) is 12.1 Å². The summed E-state index contributed by atoms with van der Waals surface area (Å²) in [4.78, 5) is 17.2. The number of rotatable bonds is 2. The summed E-state index contributed by atoms with van der Waals surface area (Å²) in [5, 5.41) is 0. The van der Waals surface area contributed by atoms with E-state index in [2.05, 4.69) is 119 Å². The first-order chi connectivity index (χ1) is 17.8. The Morgan fingerprint density at radius 2 is 0.892 bits per heavy atom. The quantitative estimate of drug-likeness (QED) is 0.225. The SMILES string of the molecule is C1=Cc2nc1cc1ccc([nH]1)c(-c1ccccc1)c1nc(cc3ccc([nH]3)c2-c2ccccc2)C=C1.[Cu]. The van der Waals surface area contributed by atoms with E-state index in [0.717, 1.165) is 67.1 Å². The molecule has 0 aliphatic carbocycles. The molecular formula is C32H22CuN4. The minimum atomic E-state index is 0. The van der Waals surface area contributed by atoms with Gasteiger partial charge in [0.05, 0.1) is 22.8 Å². The van der Waals surface area contributed by atoms with Crippen molar-refractivity contribution in [2.75, 3.05) is 0 Å². The van der Waals surface area contributed by atoms with E-state index in [0.29, 0.717) is 0 Å². The van der Waals surface area contributed by atoms with Crippen LogP contribution < -0.4 is 0 Å². The molecule has 0 saturated heterocycles. The van der Waals surface area contributed by atoms with Crippen LogP contribution in [0.4, 0.5) is 0 Å². The van der Waals surface area contributed by atoms with Crippen LogP contribution in [0.1, 0.15) is 22.8 Å². The smallest absolute Gasteiger partial charge is 0.0736 e. The number of fused-ring (bicyclic) bond motifs is 8. The van der Waals surface area contributed by atoms with Crippen molar-refractivity contribution < 1.29 is 17.1 Å². The van der Waals surface area contributed by atoms with Crippen LogP contribution >= 0.6 is 0 Å². The minimum Gasteiger partial charge on any atom is -0.355 e. The maximum atomic E-state index is 4.99.